The van der Waals surface area contributed by atoms with Crippen LogP contribution in [0.1, 0.15) is 18.5 Å². The van der Waals surface area contributed by atoms with E-state index >= 15 is 0 Å². The molecule has 1 aromatic carbocycles. The van der Waals surface area contributed by atoms with Gasteiger partial charge in [-0.3, -0.25) is 4.79 Å². The number of benzene rings is 1. The highest BCUT2D eigenvalue weighted by atomic mass is 16.5. The molecule has 0 saturated heterocycles. The maximum Gasteiger partial charge on any atom is 0.262 e. The molecule has 1 atom stereocenters. The van der Waals surface area contributed by atoms with Crippen molar-refractivity contribution in [1.82, 2.24) is 5.32 Å². The molecule has 1 unspecified atom stereocenters. The summed E-state index contributed by atoms with van der Waals surface area (Å²) in [5, 5.41) is 23.9. The van der Waals surface area contributed by atoms with Gasteiger partial charge in [-0.2, -0.15) is 0 Å². The van der Waals surface area contributed by atoms with Crippen LogP contribution in [0.2, 0.25) is 0 Å². The van der Waals surface area contributed by atoms with Gasteiger partial charge in [0.15, 0.2) is 6.61 Å². The van der Waals surface area contributed by atoms with E-state index in [2.05, 4.69) is 10.6 Å². The van der Waals surface area contributed by atoms with Gasteiger partial charge >= 0.3 is 0 Å². The summed E-state index contributed by atoms with van der Waals surface area (Å²) in [6.45, 7) is 1.69. The number of anilines is 1. The second-order valence-electron chi connectivity index (χ2n) is 4.54. The van der Waals surface area contributed by atoms with Crippen LogP contribution in [-0.4, -0.2) is 42.0 Å². The van der Waals surface area contributed by atoms with Crippen LogP contribution >= 0.6 is 0 Å². The Morgan fingerprint density at radius 2 is 2.16 bits per heavy atom. The molecule has 0 aromatic heterocycles. The fraction of sp³-hybridized carbons (Fsp3) is 0.462. The van der Waals surface area contributed by atoms with Crippen molar-refractivity contribution < 1.29 is 19.7 Å². The van der Waals surface area contributed by atoms with Gasteiger partial charge in [0.1, 0.15) is 5.75 Å². The van der Waals surface area contributed by atoms with E-state index in [9.17, 15) is 4.79 Å². The van der Waals surface area contributed by atoms with Crippen molar-refractivity contribution in [3.63, 3.8) is 0 Å². The normalized spacial score (nSPS) is 15.7. The molecule has 4 N–H and O–H groups in total. The quantitative estimate of drug-likeness (QED) is 0.603. The average molecular weight is 266 g/mol. The Labute approximate surface area is 111 Å². The van der Waals surface area contributed by atoms with E-state index in [1.807, 2.05) is 19.1 Å². The number of rotatable bonds is 5. The van der Waals surface area contributed by atoms with Crippen molar-refractivity contribution in [1.29, 1.82) is 0 Å². The van der Waals surface area contributed by atoms with Gasteiger partial charge in [-0.1, -0.05) is 6.07 Å². The molecule has 1 amide bonds. The van der Waals surface area contributed by atoms with Crippen LogP contribution in [0.15, 0.2) is 18.2 Å². The van der Waals surface area contributed by atoms with Crippen LogP contribution in [0.4, 0.5) is 5.69 Å². The second-order valence-corrected chi connectivity index (χ2v) is 4.54. The van der Waals surface area contributed by atoms with Gasteiger partial charge in [0, 0.05) is 6.04 Å². The van der Waals surface area contributed by atoms with Gasteiger partial charge in [-0.25, -0.2) is 0 Å². The number of amides is 1. The Bertz CT molecular complexity index is 460. The fourth-order valence-corrected chi connectivity index (χ4v) is 1.98. The van der Waals surface area contributed by atoms with Gasteiger partial charge in [-0.15, -0.1) is 0 Å². The molecule has 0 aliphatic carbocycles. The molecule has 0 radical (unpaired) electrons. The largest absolute Gasteiger partial charge is 0.482 e. The third-order valence-corrected chi connectivity index (χ3v) is 3.06. The van der Waals surface area contributed by atoms with Crippen LogP contribution in [-0.2, 0) is 4.79 Å². The lowest BCUT2D eigenvalue weighted by atomic mass is 10.1. The molecule has 1 aliphatic heterocycles. The molecular formula is C13H18N2O4. The van der Waals surface area contributed by atoms with E-state index in [-0.39, 0.29) is 37.8 Å². The zero-order chi connectivity index (χ0) is 13.8. The first kappa shape index (κ1) is 13.8. The molecule has 19 heavy (non-hydrogen) atoms. The summed E-state index contributed by atoms with van der Waals surface area (Å²) in [6, 6.07) is 5.09. The molecule has 104 valence electrons. The van der Waals surface area contributed by atoms with Gasteiger partial charge in [0.05, 0.1) is 24.9 Å². The first-order chi connectivity index (χ1) is 9.13. The molecule has 1 aliphatic rings. The Morgan fingerprint density at radius 1 is 1.42 bits per heavy atom. The SMILES string of the molecule is CC(NC(CO)CO)c1ccc2c(c1)NC(=O)CO2. The maximum atomic E-state index is 11.3. The Balaban J connectivity index is 2.12. The Kier molecular flexibility index (Phi) is 4.36. The van der Waals surface area contributed by atoms with Gasteiger partial charge in [0.2, 0.25) is 0 Å². The number of ether oxygens (including phenoxy) is 1. The number of nitrogens with one attached hydrogen (secondary N) is 2. The zero-order valence-electron chi connectivity index (χ0n) is 10.7. The number of fused-ring (bicyclic) bond motifs is 1. The first-order valence-corrected chi connectivity index (χ1v) is 6.18. The molecule has 2 rings (SSSR count). The summed E-state index contributed by atoms with van der Waals surface area (Å²) < 4.78 is 5.28. The number of carbonyl (C=O) groups is 1. The van der Waals surface area contributed by atoms with Crippen LogP contribution in [0.5, 0.6) is 5.75 Å². The average Bonchev–Trinajstić information content (AvgIpc) is 2.43. The fourth-order valence-electron chi connectivity index (χ4n) is 1.98. The second kappa shape index (κ2) is 6.01. The third kappa shape index (κ3) is 3.23. The number of hydrogen-bond donors (Lipinski definition) is 4. The van der Waals surface area contributed by atoms with Gasteiger partial charge in [-0.05, 0) is 24.6 Å². The molecule has 0 bridgehead atoms. The summed E-state index contributed by atoms with van der Waals surface area (Å²) in [5.74, 6) is 0.477. The Hall–Kier alpha value is -1.63. The minimum absolute atomic E-state index is 0.0389. The molecule has 0 saturated carbocycles. The van der Waals surface area contributed by atoms with E-state index in [0.717, 1.165) is 5.56 Å². The summed E-state index contributed by atoms with van der Waals surface area (Å²) in [6.07, 6.45) is 0. The summed E-state index contributed by atoms with van der Waals surface area (Å²) in [7, 11) is 0. The predicted molar refractivity (Wildman–Crippen MR) is 70.1 cm³/mol. The van der Waals surface area contributed by atoms with Crippen molar-refractivity contribution >= 4 is 11.6 Å². The molecule has 6 heteroatoms. The topological polar surface area (TPSA) is 90.8 Å². The molecule has 0 spiro atoms. The van der Waals surface area contributed by atoms with Crippen LogP contribution < -0.4 is 15.4 Å². The van der Waals surface area contributed by atoms with Crippen molar-refractivity contribution in [2.75, 3.05) is 25.1 Å². The summed E-state index contributed by atoms with van der Waals surface area (Å²) in [4.78, 5) is 11.3. The number of hydrogen-bond acceptors (Lipinski definition) is 5. The summed E-state index contributed by atoms with van der Waals surface area (Å²) >= 11 is 0. The van der Waals surface area contributed by atoms with Crippen molar-refractivity contribution in [3.8, 4) is 5.75 Å². The van der Waals surface area contributed by atoms with Crippen molar-refractivity contribution in [3.05, 3.63) is 23.8 Å². The van der Waals surface area contributed by atoms with E-state index in [4.69, 9.17) is 14.9 Å². The van der Waals surface area contributed by atoms with Gasteiger partial charge < -0.3 is 25.6 Å². The lowest BCUT2D eigenvalue weighted by Crippen LogP contribution is -2.37. The predicted octanol–water partition coefficient (Wildman–Crippen LogP) is 0.0213. The van der Waals surface area contributed by atoms with Crippen LogP contribution in [0.3, 0.4) is 0 Å². The van der Waals surface area contributed by atoms with E-state index in [1.165, 1.54) is 0 Å². The highest BCUT2D eigenvalue weighted by molar-refractivity contribution is 5.95. The minimum Gasteiger partial charge on any atom is -0.482 e. The molecule has 1 heterocycles. The molecular weight excluding hydrogens is 248 g/mol. The van der Waals surface area contributed by atoms with Crippen LogP contribution in [0, 0.1) is 0 Å². The van der Waals surface area contributed by atoms with Crippen molar-refractivity contribution in [2.24, 2.45) is 0 Å². The number of carbonyl (C=O) groups excluding carboxylic acids is 1. The van der Waals surface area contributed by atoms with Crippen LogP contribution in [0.25, 0.3) is 0 Å². The lowest BCUT2D eigenvalue weighted by Gasteiger charge is -2.23. The molecule has 1 aromatic rings. The third-order valence-electron chi connectivity index (χ3n) is 3.06. The smallest absolute Gasteiger partial charge is 0.262 e. The standard InChI is InChI=1S/C13H18N2O4/c1-8(14-10(5-16)6-17)9-2-3-12-11(4-9)15-13(18)7-19-12/h2-4,8,10,14,16-17H,5-7H2,1H3,(H,15,18). The van der Waals surface area contributed by atoms with E-state index in [1.54, 1.807) is 6.07 Å². The molecule has 0 fully saturated rings. The lowest BCUT2D eigenvalue weighted by molar-refractivity contribution is -0.118. The highest BCUT2D eigenvalue weighted by Crippen LogP contribution is 2.30. The number of aliphatic hydroxyl groups is 2. The number of aliphatic hydroxyl groups excluding tert-OH is 2. The Morgan fingerprint density at radius 3 is 2.84 bits per heavy atom. The highest BCUT2D eigenvalue weighted by Gasteiger charge is 2.18. The van der Waals surface area contributed by atoms with Crippen molar-refractivity contribution in [2.45, 2.75) is 19.0 Å². The first-order valence-electron chi connectivity index (χ1n) is 6.18. The minimum atomic E-state index is -0.364. The van der Waals surface area contributed by atoms with E-state index in [0.29, 0.717) is 11.4 Å². The summed E-state index contributed by atoms with van der Waals surface area (Å²) in [5.41, 5.74) is 1.59. The van der Waals surface area contributed by atoms with Gasteiger partial charge in [0.25, 0.3) is 5.91 Å². The van der Waals surface area contributed by atoms with E-state index < -0.39 is 0 Å². The monoisotopic (exact) mass is 266 g/mol. The maximum absolute atomic E-state index is 11.3. The zero-order valence-corrected chi connectivity index (χ0v) is 10.7. The molecule has 6 nitrogen and oxygen atoms in total.